The van der Waals surface area contributed by atoms with Crippen LogP contribution < -0.4 is 10.6 Å². The molecule has 0 radical (unpaired) electrons. The summed E-state index contributed by atoms with van der Waals surface area (Å²) in [4.78, 5) is 35.1. The van der Waals surface area contributed by atoms with Crippen molar-refractivity contribution < 1.29 is 23.5 Å². The van der Waals surface area contributed by atoms with Crippen LogP contribution in [0, 0.1) is 23.6 Å². The molecule has 0 aromatic heterocycles. The molecule has 1 aromatic carbocycles. The third-order valence-electron chi connectivity index (χ3n) is 5.05. The number of esters is 1. The summed E-state index contributed by atoms with van der Waals surface area (Å²) >= 11 is 0. The molecule has 25 heavy (non-hydrogen) atoms. The smallest absolute Gasteiger partial charge is 0.326 e. The van der Waals surface area contributed by atoms with Crippen LogP contribution in [0.5, 0.6) is 0 Å². The molecule has 134 valence electrons. The Balaban J connectivity index is 1.37. The van der Waals surface area contributed by atoms with Gasteiger partial charge in [-0.2, -0.15) is 0 Å². The monoisotopic (exact) mass is 348 g/mol. The largest absolute Gasteiger partial charge is 0.456 e. The van der Waals surface area contributed by atoms with Gasteiger partial charge in [0.2, 0.25) is 0 Å². The van der Waals surface area contributed by atoms with Gasteiger partial charge in [-0.3, -0.25) is 14.9 Å². The normalized spacial score (nSPS) is 24.0. The molecule has 0 saturated heterocycles. The molecule has 6 nitrogen and oxygen atoms in total. The number of hydrogen-bond acceptors (Lipinski definition) is 4. The summed E-state index contributed by atoms with van der Waals surface area (Å²) in [7, 11) is 0. The van der Waals surface area contributed by atoms with Crippen molar-refractivity contribution in [3.05, 3.63) is 30.1 Å². The van der Waals surface area contributed by atoms with Crippen LogP contribution in [0.1, 0.15) is 32.1 Å². The van der Waals surface area contributed by atoms with Crippen LogP contribution in [0.25, 0.3) is 0 Å². The molecule has 1 aromatic rings. The molecule has 3 rings (SSSR count). The number of carbonyl (C=O) groups excluding carboxylic acids is 3. The van der Waals surface area contributed by atoms with E-state index in [0.717, 1.165) is 12.3 Å². The Hall–Kier alpha value is -2.44. The van der Waals surface area contributed by atoms with Crippen LogP contribution in [0.4, 0.5) is 14.9 Å². The number of ether oxygens (including phenoxy) is 1. The number of para-hydroxylation sites is 1. The Morgan fingerprint density at radius 1 is 1.16 bits per heavy atom. The van der Waals surface area contributed by atoms with E-state index in [4.69, 9.17) is 4.74 Å². The van der Waals surface area contributed by atoms with Gasteiger partial charge >= 0.3 is 12.0 Å². The van der Waals surface area contributed by atoms with Gasteiger partial charge in [-0.15, -0.1) is 0 Å². The average molecular weight is 348 g/mol. The second-order valence-electron chi connectivity index (χ2n) is 6.78. The van der Waals surface area contributed by atoms with Crippen molar-refractivity contribution in [2.75, 3.05) is 11.9 Å². The summed E-state index contributed by atoms with van der Waals surface area (Å²) < 4.78 is 18.3. The summed E-state index contributed by atoms with van der Waals surface area (Å²) in [6.07, 6.45) is 5.04. The molecule has 7 heteroatoms. The highest BCUT2D eigenvalue weighted by Gasteiger charge is 2.40. The Kier molecular flexibility index (Phi) is 5.31. The lowest BCUT2D eigenvalue weighted by molar-refractivity contribution is -0.149. The van der Waals surface area contributed by atoms with E-state index in [-0.39, 0.29) is 5.69 Å². The molecule has 0 spiro atoms. The maximum Gasteiger partial charge on any atom is 0.326 e. The third-order valence-corrected chi connectivity index (χ3v) is 5.05. The number of rotatable bonds is 5. The first-order chi connectivity index (χ1) is 12.0. The SMILES string of the molecule is O=C(COC(=O)C[C@H]1C[C@H]2CC[C@@H]1C2)NC(=O)Nc1ccccc1F. The predicted molar refractivity (Wildman–Crippen MR) is 88.1 cm³/mol. The molecule has 0 aliphatic heterocycles. The first-order valence-corrected chi connectivity index (χ1v) is 8.52. The molecule has 2 aliphatic rings. The lowest BCUT2D eigenvalue weighted by Gasteiger charge is -2.20. The maximum absolute atomic E-state index is 13.4. The number of amides is 3. The van der Waals surface area contributed by atoms with Gasteiger partial charge in [-0.05, 0) is 49.1 Å². The molecule has 2 fully saturated rings. The molecular formula is C18H21FN2O4. The molecule has 2 aliphatic carbocycles. The van der Waals surface area contributed by atoms with E-state index in [1.54, 1.807) is 6.07 Å². The zero-order valence-electron chi connectivity index (χ0n) is 13.8. The molecule has 2 N–H and O–H groups in total. The summed E-state index contributed by atoms with van der Waals surface area (Å²) in [6.45, 7) is -0.523. The van der Waals surface area contributed by atoms with Crippen molar-refractivity contribution in [2.45, 2.75) is 32.1 Å². The van der Waals surface area contributed by atoms with Crippen molar-refractivity contribution in [1.29, 1.82) is 0 Å². The number of nitrogens with one attached hydrogen (secondary N) is 2. The molecule has 0 heterocycles. The summed E-state index contributed by atoms with van der Waals surface area (Å²) in [5.74, 6) is -0.0653. The summed E-state index contributed by atoms with van der Waals surface area (Å²) in [6, 6.07) is 4.72. The Bertz CT molecular complexity index is 679. The number of halogens is 1. The molecule has 3 atom stereocenters. The Morgan fingerprint density at radius 2 is 1.96 bits per heavy atom. The molecule has 3 amide bonds. The van der Waals surface area contributed by atoms with Crippen molar-refractivity contribution in [2.24, 2.45) is 17.8 Å². The van der Waals surface area contributed by atoms with E-state index >= 15 is 0 Å². The zero-order valence-corrected chi connectivity index (χ0v) is 13.8. The molecule has 2 saturated carbocycles. The van der Waals surface area contributed by atoms with E-state index in [0.29, 0.717) is 18.3 Å². The van der Waals surface area contributed by atoms with Crippen LogP contribution in [0.3, 0.4) is 0 Å². The second kappa shape index (κ2) is 7.63. The third kappa shape index (κ3) is 4.55. The minimum atomic E-state index is -0.876. The van der Waals surface area contributed by atoms with E-state index in [9.17, 15) is 18.8 Å². The highest BCUT2D eigenvalue weighted by atomic mass is 19.1. The molecular weight excluding hydrogens is 327 g/mol. The minimum Gasteiger partial charge on any atom is -0.456 e. The van der Waals surface area contributed by atoms with Gasteiger partial charge in [0, 0.05) is 6.42 Å². The van der Waals surface area contributed by atoms with Crippen LogP contribution in [-0.4, -0.2) is 24.5 Å². The first kappa shape index (κ1) is 17.4. The Labute approximate surface area is 145 Å². The number of imide groups is 1. The predicted octanol–water partition coefficient (Wildman–Crippen LogP) is 2.84. The van der Waals surface area contributed by atoms with Crippen LogP contribution in [0.2, 0.25) is 0 Å². The lowest BCUT2D eigenvalue weighted by Crippen LogP contribution is -2.37. The number of benzene rings is 1. The average Bonchev–Trinajstić information content (AvgIpc) is 3.18. The van der Waals surface area contributed by atoms with Gasteiger partial charge in [0.25, 0.3) is 5.91 Å². The van der Waals surface area contributed by atoms with Crippen LogP contribution in [-0.2, 0) is 14.3 Å². The summed E-state index contributed by atoms with van der Waals surface area (Å²) in [5.41, 5.74) is -0.0407. The van der Waals surface area contributed by atoms with Crippen LogP contribution in [0.15, 0.2) is 24.3 Å². The fraction of sp³-hybridized carbons (Fsp3) is 0.500. The molecule has 2 bridgehead atoms. The highest BCUT2D eigenvalue weighted by molar-refractivity contribution is 6.01. The van der Waals surface area contributed by atoms with Gasteiger partial charge in [0.05, 0.1) is 5.69 Å². The first-order valence-electron chi connectivity index (χ1n) is 8.52. The van der Waals surface area contributed by atoms with E-state index < -0.39 is 30.3 Å². The lowest BCUT2D eigenvalue weighted by atomic mass is 9.86. The van der Waals surface area contributed by atoms with Crippen molar-refractivity contribution in [3.63, 3.8) is 0 Å². The summed E-state index contributed by atoms with van der Waals surface area (Å²) in [5, 5.41) is 4.22. The fourth-order valence-electron chi connectivity index (χ4n) is 3.92. The van der Waals surface area contributed by atoms with Crippen molar-refractivity contribution >= 4 is 23.6 Å². The van der Waals surface area contributed by atoms with Crippen molar-refractivity contribution in [1.82, 2.24) is 5.32 Å². The van der Waals surface area contributed by atoms with Crippen molar-refractivity contribution in [3.8, 4) is 0 Å². The minimum absolute atomic E-state index is 0.0407. The number of anilines is 1. The van der Waals surface area contributed by atoms with E-state index in [2.05, 4.69) is 5.32 Å². The standard InChI is InChI=1S/C18H21FN2O4/c19-14-3-1-2-4-15(14)20-18(24)21-16(22)10-25-17(23)9-13-8-11-5-6-12(13)7-11/h1-4,11-13H,5-10H2,(H2,20,21,22,24)/t11-,12+,13+/m0/s1. The maximum atomic E-state index is 13.4. The highest BCUT2D eigenvalue weighted by Crippen LogP contribution is 2.49. The Morgan fingerprint density at radius 3 is 2.64 bits per heavy atom. The van der Waals surface area contributed by atoms with Gasteiger partial charge < -0.3 is 10.1 Å². The fourth-order valence-corrected chi connectivity index (χ4v) is 3.92. The van der Waals surface area contributed by atoms with Gasteiger partial charge in [0.1, 0.15) is 5.82 Å². The van der Waals surface area contributed by atoms with Crippen LogP contribution >= 0.6 is 0 Å². The van der Waals surface area contributed by atoms with Gasteiger partial charge in [-0.1, -0.05) is 18.6 Å². The van der Waals surface area contributed by atoms with E-state index in [1.165, 1.54) is 37.5 Å². The number of hydrogen-bond donors (Lipinski definition) is 2. The van der Waals surface area contributed by atoms with E-state index in [1.807, 2.05) is 5.32 Å². The second-order valence-corrected chi connectivity index (χ2v) is 6.78. The number of urea groups is 1. The number of fused-ring (bicyclic) bond motifs is 2. The van der Waals surface area contributed by atoms with Gasteiger partial charge in [-0.25, -0.2) is 9.18 Å². The molecule has 0 unspecified atom stereocenters. The quantitative estimate of drug-likeness (QED) is 0.802. The number of carbonyl (C=O) groups is 3. The van der Waals surface area contributed by atoms with Gasteiger partial charge in [0.15, 0.2) is 6.61 Å². The topological polar surface area (TPSA) is 84.5 Å². The zero-order chi connectivity index (χ0) is 17.8.